The van der Waals surface area contributed by atoms with Crippen LogP contribution in [0.3, 0.4) is 0 Å². The summed E-state index contributed by atoms with van der Waals surface area (Å²) in [6, 6.07) is 21.4. The first-order valence-electron chi connectivity index (χ1n) is 10.0. The van der Waals surface area contributed by atoms with E-state index < -0.39 is 0 Å². The van der Waals surface area contributed by atoms with Gasteiger partial charge in [0.15, 0.2) is 5.82 Å². The lowest BCUT2D eigenvalue weighted by Crippen LogP contribution is -2.12. The van der Waals surface area contributed by atoms with Gasteiger partial charge in [0.05, 0.1) is 0 Å². The number of carbonyl (C=O) groups excluding carboxylic acids is 1. The number of ether oxygens (including phenoxy) is 1. The van der Waals surface area contributed by atoms with Gasteiger partial charge in [-0.3, -0.25) is 4.79 Å². The first-order chi connectivity index (χ1) is 15.0. The van der Waals surface area contributed by atoms with Crippen molar-refractivity contribution in [2.24, 2.45) is 0 Å². The van der Waals surface area contributed by atoms with Gasteiger partial charge in [-0.2, -0.15) is 9.36 Å². The molecule has 0 aliphatic heterocycles. The molecule has 1 amide bonds. The number of carbonyl (C=O) groups is 1. The van der Waals surface area contributed by atoms with Crippen LogP contribution in [0.4, 0.5) is 5.69 Å². The van der Waals surface area contributed by atoms with E-state index in [9.17, 15) is 4.79 Å². The van der Waals surface area contributed by atoms with Crippen LogP contribution in [0.1, 0.15) is 38.4 Å². The van der Waals surface area contributed by atoms with Gasteiger partial charge in [-0.15, -0.1) is 0 Å². The predicted molar refractivity (Wildman–Crippen MR) is 124 cm³/mol. The first-order valence-corrected chi connectivity index (χ1v) is 10.8. The number of rotatable bonds is 6. The second-order valence-electron chi connectivity index (χ2n) is 7.54. The molecule has 1 aromatic heterocycles. The number of nitrogens with zero attached hydrogens (tertiary/aromatic N) is 2. The molecule has 31 heavy (non-hydrogen) atoms. The second kappa shape index (κ2) is 9.10. The highest BCUT2D eigenvalue weighted by atomic mass is 32.1. The van der Waals surface area contributed by atoms with Crippen LogP contribution in [-0.4, -0.2) is 15.3 Å². The first kappa shape index (κ1) is 20.8. The Labute approximate surface area is 185 Å². The average molecular weight is 430 g/mol. The Balaban J connectivity index is 1.46. The van der Waals surface area contributed by atoms with E-state index in [1.54, 1.807) is 12.1 Å². The molecule has 0 unspecified atom stereocenters. The van der Waals surface area contributed by atoms with Gasteiger partial charge >= 0.3 is 0 Å². The third-order valence-corrected chi connectivity index (χ3v) is 5.52. The van der Waals surface area contributed by atoms with E-state index in [-0.39, 0.29) is 5.91 Å². The molecule has 0 saturated carbocycles. The fourth-order valence-electron chi connectivity index (χ4n) is 3.03. The number of aromatic nitrogens is 2. The number of hydrogen-bond acceptors (Lipinski definition) is 5. The van der Waals surface area contributed by atoms with Crippen LogP contribution < -0.4 is 10.1 Å². The molecule has 5 nitrogen and oxygen atoms in total. The summed E-state index contributed by atoms with van der Waals surface area (Å²) in [5.41, 5.74) is 5.71. The van der Waals surface area contributed by atoms with Crippen molar-refractivity contribution in [3.05, 3.63) is 100 Å². The monoisotopic (exact) mass is 429 g/mol. The van der Waals surface area contributed by atoms with Crippen LogP contribution in [0.5, 0.6) is 10.9 Å². The van der Waals surface area contributed by atoms with E-state index >= 15 is 0 Å². The largest absolute Gasteiger partial charge is 0.430 e. The minimum absolute atomic E-state index is 0.189. The van der Waals surface area contributed by atoms with Crippen molar-refractivity contribution in [3.63, 3.8) is 0 Å². The molecule has 0 spiro atoms. The van der Waals surface area contributed by atoms with Crippen LogP contribution in [-0.2, 0) is 6.42 Å². The summed E-state index contributed by atoms with van der Waals surface area (Å²) in [7, 11) is 0. The Hall–Kier alpha value is -3.51. The van der Waals surface area contributed by atoms with Crippen molar-refractivity contribution in [2.75, 3.05) is 5.32 Å². The molecular formula is C25H23N3O2S. The van der Waals surface area contributed by atoms with E-state index in [1.807, 2.05) is 44.2 Å². The zero-order chi connectivity index (χ0) is 21.8. The van der Waals surface area contributed by atoms with Crippen molar-refractivity contribution < 1.29 is 9.53 Å². The lowest BCUT2D eigenvalue weighted by molar-refractivity contribution is 0.102. The molecule has 0 saturated heterocycles. The van der Waals surface area contributed by atoms with Crippen LogP contribution in [0.25, 0.3) is 0 Å². The van der Waals surface area contributed by atoms with Gasteiger partial charge in [0, 0.05) is 29.2 Å². The standard InChI is InChI=1S/C25H23N3O2S/c1-16-4-9-19(10-5-16)14-23-27-25(31-28-23)30-22-15-20(11-8-18(22)3)24(29)26-21-12-6-17(2)7-13-21/h4-13,15H,14H2,1-3H3,(H,26,29). The average Bonchev–Trinajstić information content (AvgIpc) is 3.20. The van der Waals surface area contributed by atoms with Gasteiger partial charge in [0.25, 0.3) is 11.1 Å². The molecule has 6 heteroatoms. The van der Waals surface area contributed by atoms with Gasteiger partial charge in [0.2, 0.25) is 0 Å². The molecule has 156 valence electrons. The normalized spacial score (nSPS) is 10.7. The molecule has 0 aliphatic carbocycles. The number of anilines is 1. The molecule has 4 aromatic rings. The van der Waals surface area contributed by atoms with Crippen LogP contribution >= 0.6 is 11.5 Å². The SMILES string of the molecule is Cc1ccc(Cc2nsc(Oc3cc(C(=O)Nc4ccc(C)cc4)ccc3C)n2)cc1. The molecule has 4 rings (SSSR count). The predicted octanol–water partition coefficient (Wildman–Crippen LogP) is 6.10. The highest BCUT2D eigenvalue weighted by Crippen LogP contribution is 2.28. The molecule has 3 aromatic carbocycles. The molecule has 1 heterocycles. The van der Waals surface area contributed by atoms with Gasteiger partial charge in [-0.05, 0) is 56.2 Å². The van der Waals surface area contributed by atoms with Crippen molar-refractivity contribution in [1.29, 1.82) is 0 Å². The Kier molecular flexibility index (Phi) is 6.09. The van der Waals surface area contributed by atoms with Crippen LogP contribution in [0.15, 0.2) is 66.7 Å². The van der Waals surface area contributed by atoms with E-state index in [0.29, 0.717) is 22.9 Å². The Morgan fingerprint density at radius 1 is 0.935 bits per heavy atom. The van der Waals surface area contributed by atoms with Gasteiger partial charge in [-0.1, -0.05) is 53.6 Å². The quantitative estimate of drug-likeness (QED) is 0.402. The molecule has 0 bridgehead atoms. The van der Waals surface area contributed by atoms with E-state index in [4.69, 9.17) is 4.74 Å². The third kappa shape index (κ3) is 5.35. The number of nitrogens with one attached hydrogen (secondary N) is 1. The van der Waals surface area contributed by atoms with Gasteiger partial charge in [-0.25, -0.2) is 0 Å². The molecule has 1 N–H and O–H groups in total. The summed E-state index contributed by atoms with van der Waals surface area (Å²) >= 11 is 1.21. The van der Waals surface area contributed by atoms with Crippen molar-refractivity contribution in [3.8, 4) is 10.9 Å². The maximum absolute atomic E-state index is 12.7. The summed E-state index contributed by atoms with van der Waals surface area (Å²) in [6.07, 6.45) is 0.651. The zero-order valence-corrected chi connectivity index (χ0v) is 18.5. The topological polar surface area (TPSA) is 64.1 Å². The summed E-state index contributed by atoms with van der Waals surface area (Å²) in [6.45, 7) is 6.01. The second-order valence-corrected chi connectivity index (χ2v) is 8.26. The summed E-state index contributed by atoms with van der Waals surface area (Å²) in [5, 5.41) is 3.37. The maximum Gasteiger partial charge on any atom is 0.298 e. The molecule has 0 fully saturated rings. The van der Waals surface area contributed by atoms with E-state index in [1.165, 1.54) is 17.1 Å². The van der Waals surface area contributed by atoms with Gasteiger partial charge in [0.1, 0.15) is 5.75 Å². The van der Waals surface area contributed by atoms with Crippen LogP contribution in [0, 0.1) is 20.8 Å². The van der Waals surface area contributed by atoms with Crippen molar-refractivity contribution in [2.45, 2.75) is 27.2 Å². The Bertz CT molecular complexity index is 1200. The number of amides is 1. The lowest BCUT2D eigenvalue weighted by atomic mass is 10.1. The highest BCUT2D eigenvalue weighted by Gasteiger charge is 2.13. The van der Waals surface area contributed by atoms with E-state index in [2.05, 4.69) is 45.9 Å². The lowest BCUT2D eigenvalue weighted by Gasteiger charge is -2.09. The molecular weight excluding hydrogens is 406 g/mol. The Morgan fingerprint density at radius 2 is 1.61 bits per heavy atom. The molecule has 0 radical (unpaired) electrons. The highest BCUT2D eigenvalue weighted by molar-refractivity contribution is 7.07. The van der Waals surface area contributed by atoms with Crippen molar-refractivity contribution >= 4 is 23.1 Å². The Morgan fingerprint density at radius 3 is 2.32 bits per heavy atom. The third-order valence-electron chi connectivity index (χ3n) is 4.89. The van der Waals surface area contributed by atoms with Crippen molar-refractivity contribution in [1.82, 2.24) is 9.36 Å². The summed E-state index contributed by atoms with van der Waals surface area (Å²) < 4.78 is 10.4. The van der Waals surface area contributed by atoms with E-state index in [0.717, 1.165) is 28.2 Å². The number of hydrogen-bond donors (Lipinski definition) is 1. The fourth-order valence-corrected chi connectivity index (χ4v) is 3.59. The number of benzene rings is 3. The molecule has 0 atom stereocenters. The summed E-state index contributed by atoms with van der Waals surface area (Å²) in [4.78, 5) is 17.2. The minimum atomic E-state index is -0.189. The summed E-state index contributed by atoms with van der Waals surface area (Å²) in [5.74, 6) is 1.12. The van der Waals surface area contributed by atoms with Gasteiger partial charge < -0.3 is 10.1 Å². The maximum atomic E-state index is 12.7. The number of aryl methyl sites for hydroxylation is 3. The minimum Gasteiger partial charge on any atom is -0.430 e. The fraction of sp³-hybridized carbons (Fsp3) is 0.160. The smallest absolute Gasteiger partial charge is 0.298 e. The van der Waals surface area contributed by atoms with Crippen LogP contribution in [0.2, 0.25) is 0 Å². The zero-order valence-electron chi connectivity index (χ0n) is 17.7. The molecule has 0 aliphatic rings.